The number of hydrogen-bond acceptors (Lipinski definition) is 1. The van der Waals surface area contributed by atoms with Gasteiger partial charge in [-0.05, 0) is 50.5 Å². The summed E-state index contributed by atoms with van der Waals surface area (Å²) in [5, 5.41) is 3.83. The number of piperidine rings is 1. The summed E-state index contributed by atoms with van der Waals surface area (Å²) in [6.45, 7) is 1.29. The minimum absolute atomic E-state index is 0.640. The first-order chi connectivity index (χ1) is 5.89. The monoisotopic (exact) mass is 165 g/mol. The fraction of sp³-hybridized carbons (Fsp3) is 1.00. The molecule has 3 aliphatic rings. The second kappa shape index (κ2) is 2.47. The molecule has 0 amide bonds. The van der Waals surface area contributed by atoms with Gasteiger partial charge in [-0.3, -0.25) is 0 Å². The van der Waals surface area contributed by atoms with E-state index in [4.69, 9.17) is 0 Å². The summed E-state index contributed by atoms with van der Waals surface area (Å²) < 4.78 is 0. The number of fused-ring (bicyclic) bond motifs is 3. The Bertz CT molecular complexity index is 181. The van der Waals surface area contributed by atoms with Gasteiger partial charge >= 0.3 is 0 Å². The van der Waals surface area contributed by atoms with Gasteiger partial charge in [-0.25, -0.2) is 0 Å². The maximum Gasteiger partial charge on any atom is 0.0212 e. The van der Waals surface area contributed by atoms with Crippen LogP contribution in [-0.2, 0) is 0 Å². The number of nitrogens with one attached hydrogen (secondary N) is 1. The molecule has 1 nitrogen and oxygen atoms in total. The first-order valence-electron chi connectivity index (χ1n) is 5.64. The quantitative estimate of drug-likeness (QED) is 0.581. The van der Waals surface area contributed by atoms with Crippen molar-refractivity contribution in [2.45, 2.75) is 50.5 Å². The zero-order chi connectivity index (χ0) is 8.02. The molecule has 1 saturated heterocycles. The molecule has 1 spiro atoms. The second-order valence-electron chi connectivity index (χ2n) is 5.12. The first-order valence-corrected chi connectivity index (χ1v) is 5.64. The standard InChI is InChI=1S/C11H19N/c1-2-6-12-11(5-1)8-9-3-4-10(11)7-9/h9-10,12H,1-8H2. The largest absolute Gasteiger partial charge is 0.311 e. The minimum Gasteiger partial charge on any atom is -0.311 e. The minimum atomic E-state index is 0.640. The molecule has 1 heteroatoms. The number of rotatable bonds is 0. The van der Waals surface area contributed by atoms with Crippen LogP contribution in [0, 0.1) is 11.8 Å². The average molecular weight is 165 g/mol. The van der Waals surface area contributed by atoms with E-state index in [1.165, 1.54) is 45.1 Å². The highest BCUT2D eigenvalue weighted by molar-refractivity contribution is 5.07. The van der Waals surface area contributed by atoms with Crippen LogP contribution < -0.4 is 5.32 Å². The van der Waals surface area contributed by atoms with Crippen molar-refractivity contribution in [1.82, 2.24) is 5.32 Å². The molecule has 3 atom stereocenters. The molecule has 1 N–H and O–H groups in total. The fourth-order valence-electron chi connectivity index (χ4n) is 3.96. The molecule has 2 saturated carbocycles. The zero-order valence-electron chi connectivity index (χ0n) is 7.81. The van der Waals surface area contributed by atoms with Crippen LogP contribution >= 0.6 is 0 Å². The molecular formula is C11H19N. The van der Waals surface area contributed by atoms with Crippen LogP contribution in [0.4, 0.5) is 0 Å². The van der Waals surface area contributed by atoms with Gasteiger partial charge in [-0.1, -0.05) is 12.8 Å². The van der Waals surface area contributed by atoms with Gasteiger partial charge in [-0.15, -0.1) is 0 Å². The van der Waals surface area contributed by atoms with Crippen molar-refractivity contribution in [1.29, 1.82) is 0 Å². The summed E-state index contributed by atoms with van der Waals surface area (Å²) in [6.07, 6.45) is 10.5. The predicted octanol–water partition coefficient (Wildman–Crippen LogP) is 2.32. The molecule has 0 aromatic rings. The Balaban J connectivity index is 1.81. The van der Waals surface area contributed by atoms with Gasteiger partial charge in [0, 0.05) is 5.54 Å². The molecule has 68 valence electrons. The van der Waals surface area contributed by atoms with Crippen LogP contribution in [0.2, 0.25) is 0 Å². The maximum atomic E-state index is 3.83. The van der Waals surface area contributed by atoms with Gasteiger partial charge in [0.1, 0.15) is 0 Å². The van der Waals surface area contributed by atoms with E-state index in [0.717, 1.165) is 11.8 Å². The van der Waals surface area contributed by atoms with Crippen molar-refractivity contribution in [3.63, 3.8) is 0 Å². The van der Waals surface area contributed by atoms with Crippen LogP contribution in [0.1, 0.15) is 44.9 Å². The van der Waals surface area contributed by atoms with Crippen molar-refractivity contribution < 1.29 is 0 Å². The van der Waals surface area contributed by atoms with Gasteiger partial charge in [-0.2, -0.15) is 0 Å². The van der Waals surface area contributed by atoms with Crippen molar-refractivity contribution in [3.8, 4) is 0 Å². The third-order valence-electron chi connectivity index (χ3n) is 4.50. The van der Waals surface area contributed by atoms with Gasteiger partial charge in [0.05, 0.1) is 0 Å². The molecule has 12 heavy (non-hydrogen) atoms. The van der Waals surface area contributed by atoms with Gasteiger partial charge in [0.15, 0.2) is 0 Å². The highest BCUT2D eigenvalue weighted by Crippen LogP contribution is 2.53. The smallest absolute Gasteiger partial charge is 0.0212 e. The van der Waals surface area contributed by atoms with E-state index in [9.17, 15) is 0 Å². The van der Waals surface area contributed by atoms with Crippen LogP contribution in [0.25, 0.3) is 0 Å². The highest BCUT2D eigenvalue weighted by atomic mass is 15.0. The third kappa shape index (κ3) is 0.891. The van der Waals surface area contributed by atoms with Crippen LogP contribution in [-0.4, -0.2) is 12.1 Å². The van der Waals surface area contributed by atoms with E-state index >= 15 is 0 Å². The van der Waals surface area contributed by atoms with Crippen molar-refractivity contribution >= 4 is 0 Å². The van der Waals surface area contributed by atoms with Crippen LogP contribution in [0.5, 0.6) is 0 Å². The fourth-order valence-corrected chi connectivity index (χ4v) is 3.96. The summed E-state index contributed by atoms with van der Waals surface area (Å²) >= 11 is 0. The lowest BCUT2D eigenvalue weighted by Gasteiger charge is -2.42. The lowest BCUT2D eigenvalue weighted by Crippen LogP contribution is -2.52. The molecule has 1 heterocycles. The van der Waals surface area contributed by atoms with E-state index in [-0.39, 0.29) is 0 Å². The van der Waals surface area contributed by atoms with Crippen LogP contribution in [0.3, 0.4) is 0 Å². The predicted molar refractivity (Wildman–Crippen MR) is 50.0 cm³/mol. The van der Waals surface area contributed by atoms with Crippen molar-refractivity contribution in [2.24, 2.45) is 11.8 Å². The molecule has 2 bridgehead atoms. The lowest BCUT2D eigenvalue weighted by atomic mass is 9.75. The first kappa shape index (κ1) is 7.37. The molecule has 0 aromatic carbocycles. The molecule has 3 rings (SSSR count). The van der Waals surface area contributed by atoms with E-state index in [1.807, 2.05) is 0 Å². The van der Waals surface area contributed by atoms with Crippen LogP contribution in [0.15, 0.2) is 0 Å². The lowest BCUT2D eigenvalue weighted by molar-refractivity contribution is 0.164. The SMILES string of the molecule is C1CCC2(CC3CCC2C3)NC1. The second-order valence-corrected chi connectivity index (χ2v) is 5.12. The maximum absolute atomic E-state index is 3.83. The Morgan fingerprint density at radius 1 is 1.17 bits per heavy atom. The average Bonchev–Trinajstić information content (AvgIpc) is 2.65. The number of hydrogen-bond donors (Lipinski definition) is 1. The zero-order valence-corrected chi connectivity index (χ0v) is 7.81. The Kier molecular flexibility index (Phi) is 1.52. The van der Waals surface area contributed by atoms with E-state index in [0.29, 0.717) is 5.54 Å². The molecule has 0 aromatic heterocycles. The summed E-state index contributed by atoms with van der Waals surface area (Å²) in [5.74, 6) is 2.16. The van der Waals surface area contributed by atoms with E-state index in [1.54, 1.807) is 6.42 Å². The Labute approximate surface area is 74.9 Å². The summed E-state index contributed by atoms with van der Waals surface area (Å²) in [5.41, 5.74) is 0.640. The van der Waals surface area contributed by atoms with Gasteiger partial charge in [0.2, 0.25) is 0 Å². The van der Waals surface area contributed by atoms with Gasteiger partial charge < -0.3 is 5.32 Å². The summed E-state index contributed by atoms with van der Waals surface area (Å²) in [7, 11) is 0. The normalized spacial score (nSPS) is 52.0. The molecule has 3 fully saturated rings. The highest BCUT2D eigenvalue weighted by Gasteiger charge is 2.50. The Hall–Kier alpha value is -0.0400. The van der Waals surface area contributed by atoms with E-state index < -0.39 is 0 Å². The topological polar surface area (TPSA) is 12.0 Å². The molecule has 3 unspecified atom stereocenters. The Morgan fingerprint density at radius 2 is 2.17 bits per heavy atom. The molecular weight excluding hydrogens is 146 g/mol. The molecule has 1 aliphatic heterocycles. The summed E-state index contributed by atoms with van der Waals surface area (Å²) in [4.78, 5) is 0. The van der Waals surface area contributed by atoms with E-state index in [2.05, 4.69) is 5.32 Å². The van der Waals surface area contributed by atoms with Crippen molar-refractivity contribution in [2.75, 3.05) is 6.54 Å². The third-order valence-corrected chi connectivity index (χ3v) is 4.50. The molecule has 2 aliphatic carbocycles. The summed E-state index contributed by atoms with van der Waals surface area (Å²) in [6, 6.07) is 0. The van der Waals surface area contributed by atoms with Crippen molar-refractivity contribution in [3.05, 3.63) is 0 Å². The Morgan fingerprint density at radius 3 is 2.75 bits per heavy atom. The van der Waals surface area contributed by atoms with Gasteiger partial charge in [0.25, 0.3) is 0 Å². The molecule has 0 radical (unpaired) electrons.